The zero-order valence-electron chi connectivity index (χ0n) is 13.8. The molecule has 0 unspecified atom stereocenters. The van der Waals surface area contributed by atoms with Crippen LogP contribution < -0.4 is 0 Å². The lowest BCUT2D eigenvalue weighted by molar-refractivity contribution is -0.129. The molecule has 1 aromatic carbocycles. The fourth-order valence-corrected chi connectivity index (χ4v) is 4.06. The molecule has 128 valence electrons. The summed E-state index contributed by atoms with van der Waals surface area (Å²) >= 11 is 0. The number of aromatic nitrogens is 4. The van der Waals surface area contributed by atoms with Crippen LogP contribution in [0.4, 0.5) is 0 Å². The minimum atomic E-state index is 0.00485. The Morgan fingerprint density at radius 3 is 3.00 bits per heavy atom. The van der Waals surface area contributed by atoms with E-state index < -0.39 is 0 Å². The number of hydrogen-bond acceptors (Lipinski definition) is 5. The number of imidazole rings is 1. The highest BCUT2D eigenvalue weighted by molar-refractivity contribution is 5.80. The smallest absolute Gasteiger partial charge is 0.232 e. The largest absolute Gasteiger partial charge is 0.345 e. The average molecular weight is 337 g/mol. The van der Waals surface area contributed by atoms with E-state index in [0.717, 1.165) is 29.4 Å². The summed E-state index contributed by atoms with van der Waals surface area (Å²) in [5.74, 6) is 1.34. The molecule has 1 aliphatic heterocycles. The van der Waals surface area contributed by atoms with Gasteiger partial charge in [0.25, 0.3) is 0 Å². The number of likely N-dealkylation sites (tertiary alicyclic amines) is 1. The molecule has 2 aromatic heterocycles. The molecule has 25 heavy (non-hydrogen) atoms. The zero-order chi connectivity index (χ0) is 16.8. The lowest BCUT2D eigenvalue weighted by Gasteiger charge is -2.23. The van der Waals surface area contributed by atoms with Crippen molar-refractivity contribution >= 4 is 16.9 Å². The molecule has 2 fully saturated rings. The van der Waals surface area contributed by atoms with E-state index in [1.165, 1.54) is 12.8 Å². The summed E-state index contributed by atoms with van der Waals surface area (Å²) in [6.07, 6.45) is 6.82. The van der Waals surface area contributed by atoms with Crippen LogP contribution >= 0.6 is 0 Å². The van der Waals surface area contributed by atoms with E-state index in [4.69, 9.17) is 4.52 Å². The molecule has 1 N–H and O–H groups in total. The van der Waals surface area contributed by atoms with Gasteiger partial charge in [0.15, 0.2) is 0 Å². The molecule has 0 radical (unpaired) electrons. The van der Waals surface area contributed by atoms with Crippen molar-refractivity contribution < 1.29 is 9.32 Å². The van der Waals surface area contributed by atoms with Crippen LogP contribution in [0.15, 0.2) is 29.0 Å². The third kappa shape index (κ3) is 2.50. The first-order valence-electron chi connectivity index (χ1n) is 8.84. The molecule has 7 nitrogen and oxygen atoms in total. The number of H-pyrrole nitrogens is 1. The van der Waals surface area contributed by atoms with Crippen molar-refractivity contribution in [2.45, 2.75) is 44.1 Å². The molecule has 7 heteroatoms. The first-order valence-corrected chi connectivity index (χ1v) is 8.84. The Kier molecular flexibility index (Phi) is 3.33. The Hall–Kier alpha value is -2.70. The second kappa shape index (κ2) is 5.68. The molecule has 2 aliphatic rings. The number of aromatic amines is 1. The summed E-state index contributed by atoms with van der Waals surface area (Å²) in [7, 11) is 0. The van der Waals surface area contributed by atoms with Crippen molar-refractivity contribution in [3.8, 4) is 11.4 Å². The third-order valence-electron chi connectivity index (χ3n) is 5.39. The monoisotopic (exact) mass is 337 g/mol. The van der Waals surface area contributed by atoms with Gasteiger partial charge in [0.05, 0.1) is 23.3 Å². The van der Waals surface area contributed by atoms with Crippen molar-refractivity contribution in [2.24, 2.45) is 0 Å². The normalized spacial score (nSPS) is 21.7. The quantitative estimate of drug-likeness (QED) is 0.794. The molecular formula is C18H19N5O2. The molecule has 5 rings (SSSR count). The standard InChI is InChI=1S/C18H19N5O2/c24-16-8-12(9-23(16)13-3-1-2-4-13)18-21-17(22-25-18)11-5-6-14-15(7-11)20-10-19-14/h5-7,10,12-13H,1-4,8-9H2,(H,19,20)/t12-/m0/s1. The van der Waals surface area contributed by atoms with Gasteiger partial charge in [-0.1, -0.05) is 18.0 Å². The Morgan fingerprint density at radius 1 is 1.24 bits per heavy atom. The van der Waals surface area contributed by atoms with Crippen LogP contribution in [0.5, 0.6) is 0 Å². The van der Waals surface area contributed by atoms with E-state index in [2.05, 4.69) is 20.1 Å². The van der Waals surface area contributed by atoms with Gasteiger partial charge in [-0.05, 0) is 31.0 Å². The number of fused-ring (bicyclic) bond motifs is 1. The first kappa shape index (κ1) is 14.6. The van der Waals surface area contributed by atoms with Crippen molar-refractivity contribution in [3.05, 3.63) is 30.4 Å². The molecule has 1 atom stereocenters. The number of benzene rings is 1. The number of nitrogens with zero attached hydrogens (tertiary/aromatic N) is 4. The van der Waals surface area contributed by atoms with Gasteiger partial charge in [-0.15, -0.1) is 0 Å². The summed E-state index contributed by atoms with van der Waals surface area (Å²) in [5.41, 5.74) is 2.72. The Morgan fingerprint density at radius 2 is 2.12 bits per heavy atom. The van der Waals surface area contributed by atoms with E-state index in [-0.39, 0.29) is 11.8 Å². The number of amides is 1. The maximum absolute atomic E-state index is 12.4. The summed E-state index contributed by atoms with van der Waals surface area (Å²) < 4.78 is 5.49. The Balaban J connectivity index is 1.38. The topological polar surface area (TPSA) is 87.9 Å². The van der Waals surface area contributed by atoms with Gasteiger partial charge in [-0.25, -0.2) is 4.98 Å². The summed E-state index contributed by atoms with van der Waals surface area (Å²) in [6.45, 7) is 0.699. The van der Waals surface area contributed by atoms with Gasteiger partial charge in [-0.3, -0.25) is 4.79 Å². The number of carbonyl (C=O) groups is 1. The van der Waals surface area contributed by atoms with Gasteiger partial charge in [0.1, 0.15) is 0 Å². The Bertz CT molecular complexity index is 924. The highest BCUT2D eigenvalue weighted by Gasteiger charge is 2.38. The summed E-state index contributed by atoms with van der Waals surface area (Å²) in [6, 6.07) is 6.23. The highest BCUT2D eigenvalue weighted by atomic mass is 16.5. The average Bonchev–Trinajstić information content (AvgIpc) is 3.39. The van der Waals surface area contributed by atoms with Crippen LogP contribution in [0.25, 0.3) is 22.4 Å². The number of nitrogens with one attached hydrogen (secondary N) is 1. The summed E-state index contributed by atoms with van der Waals surface area (Å²) in [4.78, 5) is 26.2. The van der Waals surface area contributed by atoms with Gasteiger partial charge < -0.3 is 14.4 Å². The molecule has 1 aliphatic carbocycles. The lowest BCUT2D eigenvalue weighted by Crippen LogP contribution is -2.34. The molecular weight excluding hydrogens is 318 g/mol. The van der Waals surface area contributed by atoms with Crippen molar-refractivity contribution in [2.75, 3.05) is 6.54 Å². The SMILES string of the molecule is O=C1C[C@H](c2nc(-c3ccc4nc[nH]c4c3)no2)CN1C1CCCC1. The maximum atomic E-state index is 12.4. The van der Waals surface area contributed by atoms with E-state index in [9.17, 15) is 4.79 Å². The van der Waals surface area contributed by atoms with Crippen molar-refractivity contribution in [3.63, 3.8) is 0 Å². The molecule has 0 spiro atoms. The maximum Gasteiger partial charge on any atom is 0.232 e. The third-order valence-corrected chi connectivity index (χ3v) is 5.39. The van der Waals surface area contributed by atoms with Crippen LogP contribution in [-0.4, -0.2) is 43.5 Å². The van der Waals surface area contributed by atoms with Crippen LogP contribution in [0.2, 0.25) is 0 Å². The number of rotatable bonds is 3. The second-order valence-electron chi connectivity index (χ2n) is 6.98. The van der Waals surface area contributed by atoms with Crippen LogP contribution in [-0.2, 0) is 4.79 Å². The highest BCUT2D eigenvalue weighted by Crippen LogP contribution is 2.34. The molecule has 3 aromatic rings. The van der Waals surface area contributed by atoms with E-state index >= 15 is 0 Å². The number of carbonyl (C=O) groups excluding carboxylic acids is 1. The van der Waals surface area contributed by atoms with Gasteiger partial charge >= 0.3 is 0 Å². The lowest BCUT2D eigenvalue weighted by atomic mass is 10.1. The predicted molar refractivity (Wildman–Crippen MR) is 90.7 cm³/mol. The molecule has 1 saturated heterocycles. The van der Waals surface area contributed by atoms with Crippen molar-refractivity contribution in [1.82, 2.24) is 25.0 Å². The second-order valence-corrected chi connectivity index (χ2v) is 6.98. The fraction of sp³-hybridized carbons (Fsp3) is 0.444. The van der Waals surface area contributed by atoms with E-state index in [0.29, 0.717) is 30.7 Å². The van der Waals surface area contributed by atoms with Crippen molar-refractivity contribution in [1.29, 1.82) is 0 Å². The number of hydrogen-bond donors (Lipinski definition) is 1. The van der Waals surface area contributed by atoms with Crippen LogP contribution in [0.1, 0.15) is 43.9 Å². The van der Waals surface area contributed by atoms with Gasteiger partial charge in [0.2, 0.25) is 17.6 Å². The predicted octanol–water partition coefficient (Wildman–Crippen LogP) is 2.87. The zero-order valence-corrected chi connectivity index (χ0v) is 13.8. The Labute approximate surface area is 144 Å². The van der Waals surface area contributed by atoms with Crippen LogP contribution in [0, 0.1) is 0 Å². The van der Waals surface area contributed by atoms with E-state index in [1.807, 2.05) is 23.1 Å². The van der Waals surface area contributed by atoms with Gasteiger partial charge in [-0.2, -0.15) is 4.98 Å². The van der Waals surface area contributed by atoms with E-state index in [1.54, 1.807) is 6.33 Å². The minimum Gasteiger partial charge on any atom is -0.345 e. The van der Waals surface area contributed by atoms with Gasteiger partial charge in [0, 0.05) is 24.6 Å². The summed E-state index contributed by atoms with van der Waals surface area (Å²) in [5, 5.41) is 4.12. The molecule has 3 heterocycles. The molecule has 1 amide bonds. The molecule has 1 saturated carbocycles. The minimum absolute atomic E-state index is 0.00485. The fourth-order valence-electron chi connectivity index (χ4n) is 4.06. The molecule has 0 bridgehead atoms. The first-order chi connectivity index (χ1) is 12.3. The van der Waals surface area contributed by atoms with Crippen LogP contribution in [0.3, 0.4) is 0 Å².